The normalized spacial score (nSPS) is 11.4. The van der Waals surface area contributed by atoms with Crippen molar-refractivity contribution in [2.45, 2.75) is 40.2 Å². The van der Waals surface area contributed by atoms with Gasteiger partial charge in [-0.05, 0) is 30.2 Å². The van der Waals surface area contributed by atoms with Gasteiger partial charge in [0.15, 0.2) is 0 Å². The molecule has 0 heterocycles. The molecule has 0 saturated heterocycles. The predicted octanol–water partition coefficient (Wildman–Crippen LogP) is 4.18. The second-order valence-corrected chi connectivity index (χ2v) is 5.27. The average molecular weight is 269 g/mol. The number of rotatable bonds is 7. The maximum absolute atomic E-state index is 6.23. The highest BCUT2D eigenvalue weighted by Gasteiger charge is 2.11. The fourth-order valence-corrected chi connectivity index (χ4v) is 2.40. The van der Waals surface area contributed by atoms with E-state index in [1.54, 1.807) is 0 Å². The van der Waals surface area contributed by atoms with Crippen LogP contribution < -0.4 is 5.73 Å². The number of anilines is 1. The summed E-state index contributed by atoms with van der Waals surface area (Å²) in [7, 11) is 0. The van der Waals surface area contributed by atoms with Gasteiger partial charge in [0.05, 0.1) is 0 Å². The van der Waals surface area contributed by atoms with Crippen LogP contribution in [0.25, 0.3) is 0 Å². The Morgan fingerprint density at radius 2 is 1.89 bits per heavy atom. The van der Waals surface area contributed by atoms with E-state index in [4.69, 9.17) is 17.3 Å². The number of halogens is 1. The Hall–Kier alpha value is -0.730. The van der Waals surface area contributed by atoms with Crippen molar-refractivity contribution in [3.8, 4) is 0 Å². The Labute approximate surface area is 116 Å². The molecule has 0 saturated carbocycles. The van der Waals surface area contributed by atoms with Crippen molar-refractivity contribution in [1.29, 1.82) is 0 Å². The average Bonchev–Trinajstić information content (AvgIpc) is 2.37. The van der Waals surface area contributed by atoms with E-state index in [9.17, 15) is 0 Å². The van der Waals surface area contributed by atoms with E-state index < -0.39 is 0 Å². The Balaban J connectivity index is 2.67. The number of nitrogen functional groups attached to an aromatic ring is 1. The minimum atomic E-state index is 0.729. The van der Waals surface area contributed by atoms with Gasteiger partial charge >= 0.3 is 0 Å². The van der Waals surface area contributed by atoms with E-state index in [-0.39, 0.29) is 0 Å². The summed E-state index contributed by atoms with van der Waals surface area (Å²) in [5, 5.41) is 0.776. The minimum absolute atomic E-state index is 0.729. The van der Waals surface area contributed by atoms with Crippen LogP contribution in [0.5, 0.6) is 0 Å². The molecule has 0 spiro atoms. The molecule has 0 aliphatic rings. The molecule has 18 heavy (non-hydrogen) atoms. The molecule has 2 N–H and O–H groups in total. The van der Waals surface area contributed by atoms with Crippen LogP contribution in [-0.2, 0) is 6.54 Å². The molecule has 0 aromatic heterocycles. The minimum Gasteiger partial charge on any atom is -0.399 e. The summed E-state index contributed by atoms with van der Waals surface area (Å²) < 4.78 is 0. The first-order valence-corrected chi connectivity index (χ1v) is 7.24. The first-order chi connectivity index (χ1) is 8.60. The summed E-state index contributed by atoms with van der Waals surface area (Å²) in [5.74, 6) is 0.775. The van der Waals surface area contributed by atoms with Crippen molar-refractivity contribution in [1.82, 2.24) is 4.90 Å². The number of nitrogens with zero attached hydrogens (tertiary/aromatic N) is 1. The largest absolute Gasteiger partial charge is 0.399 e. The zero-order chi connectivity index (χ0) is 13.5. The fourth-order valence-electron chi connectivity index (χ4n) is 2.15. The van der Waals surface area contributed by atoms with Gasteiger partial charge in [-0.3, -0.25) is 4.90 Å². The van der Waals surface area contributed by atoms with Crippen LogP contribution in [0, 0.1) is 5.92 Å². The van der Waals surface area contributed by atoms with E-state index in [0.717, 1.165) is 36.3 Å². The maximum atomic E-state index is 6.23. The number of hydrogen-bond donors (Lipinski definition) is 1. The Kier molecular flexibility index (Phi) is 6.51. The maximum Gasteiger partial charge on any atom is 0.0471 e. The molecule has 0 fully saturated rings. The van der Waals surface area contributed by atoms with Crippen LogP contribution >= 0.6 is 11.6 Å². The standard InChI is InChI=1S/C15H25ClN2/c1-4-12(5-2)10-18(6-3)11-13-7-8-14(17)9-15(13)16/h7-9,12H,4-6,10-11,17H2,1-3H3. The third-order valence-corrected chi connectivity index (χ3v) is 3.94. The summed E-state index contributed by atoms with van der Waals surface area (Å²) in [6, 6.07) is 5.79. The van der Waals surface area contributed by atoms with Crippen molar-refractivity contribution in [2.24, 2.45) is 5.92 Å². The van der Waals surface area contributed by atoms with E-state index in [1.807, 2.05) is 18.2 Å². The van der Waals surface area contributed by atoms with Gasteiger partial charge in [-0.1, -0.05) is 51.3 Å². The summed E-state index contributed by atoms with van der Waals surface area (Å²) in [4.78, 5) is 2.45. The zero-order valence-electron chi connectivity index (χ0n) is 11.7. The van der Waals surface area contributed by atoms with E-state index >= 15 is 0 Å². The van der Waals surface area contributed by atoms with Crippen molar-refractivity contribution >= 4 is 17.3 Å². The molecule has 2 nitrogen and oxygen atoms in total. The lowest BCUT2D eigenvalue weighted by molar-refractivity contribution is 0.226. The molecular weight excluding hydrogens is 244 g/mol. The number of hydrogen-bond acceptors (Lipinski definition) is 2. The second kappa shape index (κ2) is 7.65. The Morgan fingerprint density at radius 1 is 1.22 bits per heavy atom. The third kappa shape index (κ3) is 4.51. The highest BCUT2D eigenvalue weighted by atomic mass is 35.5. The van der Waals surface area contributed by atoms with Crippen molar-refractivity contribution < 1.29 is 0 Å². The van der Waals surface area contributed by atoms with Gasteiger partial charge < -0.3 is 5.73 Å². The van der Waals surface area contributed by atoms with Gasteiger partial charge in [0.2, 0.25) is 0 Å². The summed E-state index contributed by atoms with van der Waals surface area (Å²) in [6.45, 7) is 9.83. The summed E-state index contributed by atoms with van der Waals surface area (Å²) in [6.07, 6.45) is 2.48. The topological polar surface area (TPSA) is 29.3 Å². The van der Waals surface area contributed by atoms with Gasteiger partial charge in [0.25, 0.3) is 0 Å². The molecule has 1 aromatic carbocycles. The lowest BCUT2D eigenvalue weighted by atomic mass is 10.0. The third-order valence-electron chi connectivity index (χ3n) is 3.59. The molecule has 0 bridgehead atoms. The smallest absolute Gasteiger partial charge is 0.0471 e. The van der Waals surface area contributed by atoms with Crippen LogP contribution in [0.4, 0.5) is 5.69 Å². The molecular formula is C15H25ClN2. The molecule has 1 rings (SSSR count). The van der Waals surface area contributed by atoms with Crippen molar-refractivity contribution in [3.63, 3.8) is 0 Å². The zero-order valence-corrected chi connectivity index (χ0v) is 12.5. The molecule has 0 atom stereocenters. The molecule has 0 aliphatic heterocycles. The lowest BCUT2D eigenvalue weighted by Gasteiger charge is -2.25. The van der Waals surface area contributed by atoms with E-state index in [1.165, 1.54) is 18.4 Å². The quantitative estimate of drug-likeness (QED) is 0.752. The molecule has 3 heteroatoms. The highest BCUT2D eigenvalue weighted by molar-refractivity contribution is 6.31. The Bertz CT molecular complexity index is 362. The number of nitrogens with two attached hydrogens (primary N) is 1. The van der Waals surface area contributed by atoms with Gasteiger partial charge in [0.1, 0.15) is 0 Å². The van der Waals surface area contributed by atoms with Crippen LogP contribution in [0.3, 0.4) is 0 Å². The van der Waals surface area contributed by atoms with Gasteiger partial charge in [-0.15, -0.1) is 0 Å². The van der Waals surface area contributed by atoms with Crippen molar-refractivity contribution in [2.75, 3.05) is 18.8 Å². The molecule has 0 unspecified atom stereocenters. The molecule has 0 amide bonds. The monoisotopic (exact) mass is 268 g/mol. The van der Waals surface area contributed by atoms with E-state index in [2.05, 4.69) is 25.7 Å². The first kappa shape index (κ1) is 15.3. The fraction of sp³-hybridized carbons (Fsp3) is 0.600. The van der Waals surface area contributed by atoms with Crippen LogP contribution in [-0.4, -0.2) is 18.0 Å². The van der Waals surface area contributed by atoms with Crippen LogP contribution in [0.15, 0.2) is 18.2 Å². The number of benzene rings is 1. The molecule has 0 radical (unpaired) electrons. The second-order valence-electron chi connectivity index (χ2n) is 4.86. The summed E-state index contributed by atoms with van der Waals surface area (Å²) >= 11 is 6.23. The van der Waals surface area contributed by atoms with Crippen LogP contribution in [0.1, 0.15) is 39.2 Å². The van der Waals surface area contributed by atoms with Crippen molar-refractivity contribution in [3.05, 3.63) is 28.8 Å². The van der Waals surface area contributed by atoms with E-state index in [0.29, 0.717) is 0 Å². The molecule has 102 valence electrons. The van der Waals surface area contributed by atoms with Gasteiger partial charge in [-0.2, -0.15) is 0 Å². The summed E-state index contributed by atoms with van der Waals surface area (Å²) in [5.41, 5.74) is 7.61. The first-order valence-electron chi connectivity index (χ1n) is 6.86. The lowest BCUT2D eigenvalue weighted by Crippen LogP contribution is -2.28. The van der Waals surface area contributed by atoms with Gasteiger partial charge in [-0.25, -0.2) is 0 Å². The Morgan fingerprint density at radius 3 is 2.39 bits per heavy atom. The molecule has 0 aliphatic carbocycles. The highest BCUT2D eigenvalue weighted by Crippen LogP contribution is 2.21. The van der Waals surface area contributed by atoms with Gasteiger partial charge in [0, 0.05) is 23.8 Å². The van der Waals surface area contributed by atoms with Crippen LogP contribution in [0.2, 0.25) is 5.02 Å². The predicted molar refractivity (Wildman–Crippen MR) is 80.9 cm³/mol. The SMILES string of the molecule is CCC(CC)CN(CC)Cc1ccc(N)cc1Cl. The molecule has 1 aromatic rings.